The fraction of sp³-hybridized carbons (Fsp3) is 0.150. The summed E-state index contributed by atoms with van der Waals surface area (Å²) in [6, 6.07) is 9.40. The van der Waals surface area contributed by atoms with Crippen LogP contribution in [0.4, 0.5) is 19.0 Å². The summed E-state index contributed by atoms with van der Waals surface area (Å²) in [5.41, 5.74) is -1.59. The Kier molecular flexibility index (Phi) is 8.65. The summed E-state index contributed by atoms with van der Waals surface area (Å²) in [5, 5.41) is 16.6. The molecule has 0 unspecified atom stereocenters. The molecule has 0 radical (unpaired) electrons. The smallest absolute Gasteiger partial charge is 0.408 e. The molecule has 3 aromatic rings. The van der Waals surface area contributed by atoms with E-state index in [9.17, 15) is 22.8 Å². The van der Waals surface area contributed by atoms with Crippen LogP contribution in [-0.2, 0) is 15.7 Å². The number of pyridine rings is 1. The molecule has 174 valence electrons. The van der Waals surface area contributed by atoms with Crippen LogP contribution >= 0.6 is 11.6 Å². The predicted molar refractivity (Wildman–Crippen MR) is 115 cm³/mol. The highest BCUT2D eigenvalue weighted by Gasteiger charge is 2.37. The maximum absolute atomic E-state index is 13.3. The first-order valence-corrected chi connectivity index (χ1v) is 9.47. The van der Waals surface area contributed by atoms with Gasteiger partial charge < -0.3 is 15.4 Å². The molecule has 13 heteroatoms. The quantitative estimate of drug-likeness (QED) is 0.290. The Bertz CT molecular complexity index is 1130. The van der Waals surface area contributed by atoms with Crippen LogP contribution in [-0.4, -0.2) is 47.1 Å². The first kappa shape index (κ1) is 25.5. The Morgan fingerprint density at radius 3 is 2.42 bits per heavy atom. The summed E-state index contributed by atoms with van der Waals surface area (Å²) < 4.78 is 44.8. The molecule has 0 aliphatic heterocycles. The largest absolute Gasteiger partial charge is 0.433 e. The van der Waals surface area contributed by atoms with E-state index < -0.39 is 29.4 Å². The van der Waals surface area contributed by atoms with Crippen molar-refractivity contribution in [1.29, 1.82) is 5.41 Å². The molecule has 0 aliphatic carbocycles. The van der Waals surface area contributed by atoms with Crippen LogP contribution in [0, 0.1) is 5.41 Å². The Hall–Kier alpha value is -3.77. The minimum absolute atomic E-state index is 0.0710. The van der Waals surface area contributed by atoms with E-state index in [-0.39, 0.29) is 28.6 Å². The lowest BCUT2D eigenvalue weighted by Gasteiger charge is -2.11. The average molecular weight is 483 g/mol. The second-order valence-electron chi connectivity index (χ2n) is 6.20. The number of anilines is 1. The van der Waals surface area contributed by atoms with Gasteiger partial charge in [0.2, 0.25) is 5.90 Å². The van der Waals surface area contributed by atoms with Crippen LogP contribution in [0.2, 0.25) is 5.02 Å². The lowest BCUT2D eigenvalue weighted by atomic mass is 10.2. The number of alkyl halides is 3. The van der Waals surface area contributed by atoms with Gasteiger partial charge in [0.15, 0.2) is 0 Å². The van der Waals surface area contributed by atoms with Crippen molar-refractivity contribution in [2.24, 2.45) is 0 Å². The number of hydrogen-bond acceptors (Lipinski definition) is 7. The van der Waals surface area contributed by atoms with Gasteiger partial charge in [-0.3, -0.25) is 15.0 Å². The number of nitrogens with one attached hydrogen (secondary N) is 3. The molecule has 0 saturated heterocycles. The molecule has 0 fully saturated rings. The molecule has 9 nitrogen and oxygen atoms in total. The van der Waals surface area contributed by atoms with Gasteiger partial charge in [0.25, 0.3) is 12.4 Å². The maximum atomic E-state index is 13.3. The van der Waals surface area contributed by atoms with Crippen molar-refractivity contribution in [3.8, 4) is 5.69 Å². The number of benzene rings is 1. The molecule has 3 N–H and O–H groups in total. The average Bonchev–Trinajstić information content (AvgIpc) is 3.22. The van der Waals surface area contributed by atoms with Gasteiger partial charge in [-0.15, -0.1) is 0 Å². The van der Waals surface area contributed by atoms with Gasteiger partial charge in [0.1, 0.15) is 17.2 Å². The molecule has 1 aromatic carbocycles. The topological polar surface area (TPSA) is 122 Å². The molecule has 0 aliphatic rings. The van der Waals surface area contributed by atoms with Crippen molar-refractivity contribution in [1.82, 2.24) is 20.1 Å². The Morgan fingerprint density at radius 2 is 1.88 bits per heavy atom. The van der Waals surface area contributed by atoms with Gasteiger partial charge in [0, 0.05) is 6.07 Å². The summed E-state index contributed by atoms with van der Waals surface area (Å²) in [4.78, 5) is 26.5. The molecule has 0 spiro atoms. The van der Waals surface area contributed by atoms with Crippen LogP contribution in [0.25, 0.3) is 5.69 Å². The Balaban J connectivity index is 0.00000122. The summed E-state index contributed by atoms with van der Waals surface area (Å²) in [6.45, 7) is -0.0906. The summed E-state index contributed by atoms with van der Waals surface area (Å²) >= 11 is 5.95. The van der Waals surface area contributed by atoms with Crippen molar-refractivity contribution in [3.05, 3.63) is 70.6 Å². The molecule has 33 heavy (non-hydrogen) atoms. The number of carbonyl (C=O) groups is 2. The molecule has 1 amide bonds. The van der Waals surface area contributed by atoms with E-state index in [1.807, 2.05) is 14.1 Å². The van der Waals surface area contributed by atoms with E-state index >= 15 is 0 Å². The molecular weight excluding hydrogens is 465 g/mol. The van der Waals surface area contributed by atoms with Crippen molar-refractivity contribution in [2.45, 2.75) is 6.18 Å². The number of halogens is 4. The van der Waals surface area contributed by atoms with Crippen molar-refractivity contribution >= 4 is 35.7 Å². The van der Waals surface area contributed by atoms with E-state index in [2.05, 4.69) is 25.5 Å². The highest BCUT2D eigenvalue weighted by Crippen LogP contribution is 2.31. The van der Waals surface area contributed by atoms with Gasteiger partial charge in [-0.1, -0.05) is 23.7 Å². The lowest BCUT2D eigenvalue weighted by Crippen LogP contribution is -2.15. The highest BCUT2D eigenvalue weighted by molar-refractivity contribution is 6.34. The summed E-state index contributed by atoms with van der Waals surface area (Å²) in [6.07, 6.45) is -3.75. The zero-order valence-corrected chi connectivity index (χ0v) is 18.0. The van der Waals surface area contributed by atoms with Gasteiger partial charge in [-0.25, -0.2) is 9.67 Å². The fourth-order valence-electron chi connectivity index (χ4n) is 2.41. The van der Waals surface area contributed by atoms with E-state index in [1.165, 1.54) is 24.3 Å². The van der Waals surface area contributed by atoms with E-state index in [0.29, 0.717) is 10.7 Å². The van der Waals surface area contributed by atoms with Crippen molar-refractivity contribution < 1.29 is 27.5 Å². The van der Waals surface area contributed by atoms with Crippen molar-refractivity contribution in [3.63, 3.8) is 0 Å². The second-order valence-corrected chi connectivity index (χ2v) is 6.61. The molecule has 2 aromatic heterocycles. The number of hydrogen-bond donors (Lipinski definition) is 3. The third-order valence-electron chi connectivity index (χ3n) is 3.75. The first-order chi connectivity index (χ1) is 15.6. The van der Waals surface area contributed by atoms with Crippen LogP contribution in [0.15, 0.2) is 48.7 Å². The zero-order valence-electron chi connectivity index (χ0n) is 17.3. The van der Waals surface area contributed by atoms with E-state index in [4.69, 9.17) is 17.0 Å². The van der Waals surface area contributed by atoms with E-state index in [1.54, 1.807) is 12.1 Å². The lowest BCUT2D eigenvalue weighted by molar-refractivity contribution is -0.142. The summed E-state index contributed by atoms with van der Waals surface area (Å²) in [7, 11) is 3.75. The SMILES string of the molecule is CNC.N=C(OC=O)c1cc(C(F)(F)F)n(-c2ccc(NC(=O)c3ccccc3Cl)nc2)n1. The van der Waals surface area contributed by atoms with Gasteiger partial charge in [0.05, 0.1) is 22.5 Å². The second kappa shape index (κ2) is 11.2. The minimum Gasteiger partial charge on any atom is -0.408 e. The third-order valence-corrected chi connectivity index (χ3v) is 4.08. The Labute approximate surface area is 191 Å². The first-order valence-electron chi connectivity index (χ1n) is 9.09. The molecule has 0 saturated carbocycles. The molecular formula is C20H18ClF3N6O3. The van der Waals surface area contributed by atoms with Crippen LogP contribution in [0.3, 0.4) is 0 Å². The van der Waals surface area contributed by atoms with Crippen molar-refractivity contribution in [2.75, 3.05) is 19.4 Å². The number of ether oxygens (including phenoxy) is 1. The Morgan fingerprint density at radius 1 is 1.21 bits per heavy atom. The van der Waals surface area contributed by atoms with Gasteiger partial charge >= 0.3 is 6.18 Å². The predicted octanol–water partition coefficient (Wildman–Crippen LogP) is 3.53. The monoisotopic (exact) mass is 482 g/mol. The number of carbonyl (C=O) groups excluding carboxylic acids is 2. The minimum atomic E-state index is -4.80. The third kappa shape index (κ3) is 6.60. The van der Waals surface area contributed by atoms with Crippen LogP contribution in [0.1, 0.15) is 21.7 Å². The standard InChI is InChI=1S/C18H11ClF3N5O3.C2H7N/c19-12-4-2-1-3-11(12)17(29)25-15-6-5-10(8-24-15)27-14(18(20,21)22)7-13(26-27)16(23)30-9-28;1-3-2/h1-9,23H,(H,24,25,29);3H,1-2H3. The van der Waals surface area contributed by atoms with Crippen LogP contribution in [0.5, 0.6) is 0 Å². The van der Waals surface area contributed by atoms with Gasteiger partial charge in [-0.2, -0.15) is 18.3 Å². The molecule has 2 heterocycles. The molecule has 0 bridgehead atoms. The number of aromatic nitrogens is 3. The van der Waals surface area contributed by atoms with E-state index in [0.717, 1.165) is 6.20 Å². The zero-order chi connectivity index (χ0) is 24.6. The summed E-state index contributed by atoms with van der Waals surface area (Å²) in [5.74, 6) is -1.31. The van der Waals surface area contributed by atoms with Gasteiger partial charge in [-0.05, 0) is 38.4 Å². The fourth-order valence-corrected chi connectivity index (χ4v) is 2.64. The normalized spacial score (nSPS) is 10.6. The number of amides is 1. The highest BCUT2D eigenvalue weighted by atomic mass is 35.5. The number of nitrogens with zero attached hydrogens (tertiary/aromatic N) is 3. The molecule has 0 atom stereocenters. The number of rotatable bonds is 5. The molecule has 3 rings (SSSR count). The van der Waals surface area contributed by atoms with Crippen LogP contribution < -0.4 is 10.6 Å². The maximum Gasteiger partial charge on any atom is 0.433 e.